The highest BCUT2D eigenvalue weighted by molar-refractivity contribution is 5.93. The maximum Gasteiger partial charge on any atom is 0.352 e. The molecule has 3 aromatic carbocycles. The number of hydrogen-bond acceptors (Lipinski definition) is 3. The van der Waals surface area contributed by atoms with E-state index in [2.05, 4.69) is 79.0 Å². The molecule has 0 spiro atoms. The molecule has 1 aliphatic heterocycles. The van der Waals surface area contributed by atoms with E-state index in [4.69, 9.17) is 0 Å². The Hall–Kier alpha value is -4.16. The van der Waals surface area contributed by atoms with Crippen LogP contribution in [0.2, 0.25) is 0 Å². The number of nitrogens with zero attached hydrogens (tertiary/aromatic N) is 2. The van der Waals surface area contributed by atoms with Gasteiger partial charge in [-0.25, -0.2) is 4.79 Å². The summed E-state index contributed by atoms with van der Waals surface area (Å²) in [5.41, 5.74) is 3.44. The summed E-state index contributed by atoms with van der Waals surface area (Å²) in [6.07, 6.45) is 5.88. The maximum absolute atomic E-state index is 13.2. The fraction of sp³-hybridized carbons (Fsp3) is 0.273. The third-order valence-electron chi connectivity index (χ3n) is 7.93. The van der Waals surface area contributed by atoms with Crippen LogP contribution >= 0.6 is 0 Å². The van der Waals surface area contributed by atoms with Crippen LogP contribution < -0.4 is 5.32 Å². The van der Waals surface area contributed by atoms with Crippen molar-refractivity contribution >= 4 is 28.7 Å². The number of piperidine rings is 1. The van der Waals surface area contributed by atoms with Crippen LogP contribution in [0.25, 0.3) is 16.8 Å². The van der Waals surface area contributed by atoms with Gasteiger partial charge < -0.3 is 19.9 Å². The SMILES string of the molecule is C[C@@H](NCC1CCN(C(=O)C=Cc2cc(C(=O)O)n(C)c2)CC1c1ccccc1)c1cccc2ccccc12. The monoisotopic (exact) mass is 521 g/mol. The Bertz CT molecular complexity index is 1490. The minimum absolute atomic E-state index is 0.0489. The molecule has 4 aromatic rings. The molecule has 1 fully saturated rings. The Labute approximate surface area is 229 Å². The maximum atomic E-state index is 13.2. The molecule has 1 aliphatic rings. The lowest BCUT2D eigenvalue weighted by atomic mass is 9.80. The fourth-order valence-electron chi connectivity index (χ4n) is 5.76. The number of fused-ring (bicyclic) bond motifs is 1. The average Bonchev–Trinajstić information content (AvgIpc) is 3.35. The summed E-state index contributed by atoms with van der Waals surface area (Å²) < 4.78 is 1.55. The first-order valence-electron chi connectivity index (χ1n) is 13.5. The van der Waals surface area contributed by atoms with Crippen LogP contribution in [-0.4, -0.2) is 46.1 Å². The molecule has 5 rings (SSSR count). The van der Waals surface area contributed by atoms with E-state index in [9.17, 15) is 14.7 Å². The van der Waals surface area contributed by atoms with Gasteiger partial charge in [-0.1, -0.05) is 72.8 Å². The molecular weight excluding hydrogens is 486 g/mol. The van der Waals surface area contributed by atoms with Crippen LogP contribution in [0, 0.1) is 5.92 Å². The number of rotatable bonds is 8. The largest absolute Gasteiger partial charge is 0.477 e. The van der Waals surface area contributed by atoms with E-state index in [0.717, 1.165) is 13.0 Å². The first-order chi connectivity index (χ1) is 18.9. The normalized spacial score (nSPS) is 18.5. The zero-order valence-corrected chi connectivity index (χ0v) is 22.5. The van der Waals surface area contributed by atoms with E-state index < -0.39 is 5.97 Å². The molecule has 2 unspecified atom stereocenters. The molecule has 0 bridgehead atoms. The lowest BCUT2D eigenvalue weighted by Gasteiger charge is -2.39. The average molecular weight is 522 g/mol. The van der Waals surface area contributed by atoms with Gasteiger partial charge >= 0.3 is 5.97 Å². The number of hydrogen-bond donors (Lipinski definition) is 2. The summed E-state index contributed by atoms with van der Waals surface area (Å²) in [6.45, 7) is 4.43. The van der Waals surface area contributed by atoms with Crippen molar-refractivity contribution in [1.29, 1.82) is 0 Å². The third-order valence-corrected chi connectivity index (χ3v) is 7.93. The van der Waals surface area contributed by atoms with Gasteiger partial charge in [0.25, 0.3) is 0 Å². The van der Waals surface area contributed by atoms with Gasteiger partial charge in [-0.2, -0.15) is 0 Å². The lowest BCUT2D eigenvalue weighted by Crippen LogP contribution is -2.45. The fourth-order valence-corrected chi connectivity index (χ4v) is 5.76. The van der Waals surface area contributed by atoms with E-state index in [1.54, 1.807) is 36.0 Å². The molecule has 0 aliphatic carbocycles. The summed E-state index contributed by atoms with van der Waals surface area (Å²) in [5.74, 6) is -0.420. The quantitative estimate of drug-likeness (QED) is 0.284. The van der Waals surface area contributed by atoms with Crippen LogP contribution in [0.3, 0.4) is 0 Å². The number of aryl methyl sites for hydroxylation is 1. The molecule has 1 amide bonds. The number of benzene rings is 3. The van der Waals surface area contributed by atoms with Gasteiger partial charge in [0.2, 0.25) is 5.91 Å². The van der Waals surface area contributed by atoms with Crippen LogP contribution in [0.15, 0.2) is 91.1 Å². The van der Waals surface area contributed by atoms with Crippen LogP contribution in [0.5, 0.6) is 0 Å². The van der Waals surface area contributed by atoms with E-state index in [1.807, 2.05) is 11.0 Å². The summed E-state index contributed by atoms with van der Waals surface area (Å²) in [6, 6.07) is 27.2. The van der Waals surface area contributed by atoms with Crippen molar-refractivity contribution in [3.05, 3.63) is 114 Å². The second kappa shape index (κ2) is 11.7. The van der Waals surface area contributed by atoms with Gasteiger partial charge in [-0.3, -0.25) is 4.79 Å². The van der Waals surface area contributed by atoms with Crippen molar-refractivity contribution in [2.75, 3.05) is 19.6 Å². The summed E-state index contributed by atoms with van der Waals surface area (Å²) in [4.78, 5) is 26.4. The van der Waals surface area contributed by atoms with Gasteiger partial charge in [0.05, 0.1) is 0 Å². The van der Waals surface area contributed by atoms with E-state index in [-0.39, 0.29) is 23.6 Å². The number of carbonyl (C=O) groups excluding carboxylic acids is 1. The molecular formula is C33H35N3O3. The van der Waals surface area contributed by atoms with Crippen molar-refractivity contribution in [3.8, 4) is 0 Å². The molecule has 0 saturated carbocycles. The third kappa shape index (κ3) is 5.96. The summed E-state index contributed by atoms with van der Waals surface area (Å²) in [5, 5.41) is 15.6. The standard InChI is InChI=1S/C33H35N3O3/c1-23(28-14-8-12-25-11-6-7-13-29(25)28)34-20-27-17-18-36(22-30(27)26-9-4-3-5-10-26)32(37)16-15-24-19-31(33(38)39)35(2)21-24/h3-16,19,21,23,27,30,34H,17-18,20,22H2,1-2H3,(H,38,39)/t23-,27?,30?/m1/s1. The highest BCUT2D eigenvalue weighted by Gasteiger charge is 2.32. The second-order valence-corrected chi connectivity index (χ2v) is 10.5. The van der Waals surface area contributed by atoms with Crippen LogP contribution in [0.1, 0.15) is 52.5 Å². The smallest absolute Gasteiger partial charge is 0.352 e. The number of aromatic nitrogens is 1. The predicted molar refractivity (Wildman–Crippen MR) is 156 cm³/mol. The van der Waals surface area contributed by atoms with Crippen molar-refractivity contribution in [1.82, 2.24) is 14.8 Å². The van der Waals surface area contributed by atoms with E-state index >= 15 is 0 Å². The van der Waals surface area contributed by atoms with Crippen molar-refractivity contribution in [3.63, 3.8) is 0 Å². The minimum atomic E-state index is -0.986. The van der Waals surface area contributed by atoms with Crippen molar-refractivity contribution in [2.45, 2.75) is 25.3 Å². The summed E-state index contributed by atoms with van der Waals surface area (Å²) >= 11 is 0. The Morgan fingerprint density at radius 2 is 1.79 bits per heavy atom. The molecule has 6 nitrogen and oxygen atoms in total. The minimum Gasteiger partial charge on any atom is -0.477 e. The molecule has 2 heterocycles. The van der Waals surface area contributed by atoms with Crippen molar-refractivity contribution in [2.24, 2.45) is 13.0 Å². The van der Waals surface area contributed by atoms with Gasteiger partial charge in [0.15, 0.2) is 0 Å². The highest BCUT2D eigenvalue weighted by atomic mass is 16.4. The molecule has 0 radical (unpaired) electrons. The number of carboxylic acid groups (broad SMARTS) is 1. The Balaban J connectivity index is 1.28. The Kier molecular flexibility index (Phi) is 7.94. The number of aromatic carboxylic acids is 1. The molecule has 39 heavy (non-hydrogen) atoms. The second-order valence-electron chi connectivity index (χ2n) is 10.5. The first-order valence-corrected chi connectivity index (χ1v) is 13.5. The molecule has 2 N–H and O–H groups in total. The zero-order chi connectivity index (χ0) is 27.4. The number of amides is 1. The van der Waals surface area contributed by atoms with E-state index in [0.29, 0.717) is 24.6 Å². The van der Waals surface area contributed by atoms with Gasteiger partial charge in [-0.15, -0.1) is 0 Å². The van der Waals surface area contributed by atoms with E-state index in [1.165, 1.54) is 21.9 Å². The topological polar surface area (TPSA) is 74.6 Å². The van der Waals surface area contributed by atoms with Crippen molar-refractivity contribution < 1.29 is 14.7 Å². The molecule has 6 heteroatoms. The van der Waals surface area contributed by atoms with Gasteiger partial charge in [-0.05, 0) is 65.4 Å². The Morgan fingerprint density at radius 3 is 2.56 bits per heavy atom. The molecule has 1 aromatic heterocycles. The first kappa shape index (κ1) is 26.4. The number of likely N-dealkylation sites (tertiary alicyclic amines) is 1. The molecule has 3 atom stereocenters. The highest BCUT2D eigenvalue weighted by Crippen LogP contribution is 2.33. The lowest BCUT2D eigenvalue weighted by molar-refractivity contribution is -0.127. The van der Waals surface area contributed by atoms with Gasteiger partial charge in [0.1, 0.15) is 5.69 Å². The predicted octanol–water partition coefficient (Wildman–Crippen LogP) is 5.87. The van der Waals surface area contributed by atoms with Gasteiger partial charge in [0, 0.05) is 44.4 Å². The number of carboxylic acids is 1. The number of carbonyl (C=O) groups is 2. The molecule has 200 valence electrons. The Morgan fingerprint density at radius 1 is 1.05 bits per heavy atom. The zero-order valence-electron chi connectivity index (χ0n) is 22.5. The number of nitrogens with one attached hydrogen (secondary N) is 1. The summed E-state index contributed by atoms with van der Waals surface area (Å²) in [7, 11) is 1.69. The van der Waals surface area contributed by atoms with Crippen LogP contribution in [0.4, 0.5) is 0 Å². The molecule has 1 saturated heterocycles. The van der Waals surface area contributed by atoms with Crippen LogP contribution in [-0.2, 0) is 11.8 Å².